The number of hydrogen-bond acceptors (Lipinski definition) is 4. The predicted molar refractivity (Wildman–Crippen MR) is 76.5 cm³/mol. The number of nitrogens with one attached hydrogen (secondary N) is 1. The number of hydrogen-bond donors (Lipinski definition) is 2. The number of aryl methyl sites for hydroxylation is 1. The van der Waals surface area contributed by atoms with Crippen LogP contribution in [0.5, 0.6) is 0 Å². The van der Waals surface area contributed by atoms with E-state index in [1.807, 2.05) is 24.7 Å². The zero-order chi connectivity index (χ0) is 13.2. The van der Waals surface area contributed by atoms with Crippen LogP contribution in [0.15, 0.2) is 28.3 Å². The van der Waals surface area contributed by atoms with Crippen LogP contribution < -0.4 is 5.32 Å². The Morgan fingerprint density at radius 3 is 2.94 bits per heavy atom. The van der Waals surface area contributed by atoms with Gasteiger partial charge in [-0.25, -0.2) is 0 Å². The molecular weight excluding hydrogens is 314 g/mol. The van der Waals surface area contributed by atoms with E-state index in [0.717, 1.165) is 16.6 Å². The molecule has 6 heteroatoms. The molecule has 4 nitrogen and oxygen atoms in total. The molecule has 2 rings (SSSR count). The zero-order valence-electron chi connectivity index (χ0n) is 10.4. The van der Waals surface area contributed by atoms with Crippen molar-refractivity contribution in [2.24, 2.45) is 7.05 Å². The van der Waals surface area contributed by atoms with Gasteiger partial charge in [0.15, 0.2) is 0 Å². The number of nitrogens with zero attached hydrogens (tertiary/aromatic N) is 2. The third-order valence-corrected chi connectivity index (χ3v) is 4.70. The molecule has 0 bridgehead atoms. The molecule has 2 heterocycles. The maximum absolute atomic E-state index is 10.4. The Balaban J connectivity index is 1.91. The van der Waals surface area contributed by atoms with Crippen molar-refractivity contribution in [3.63, 3.8) is 0 Å². The molecule has 0 amide bonds. The van der Waals surface area contributed by atoms with E-state index in [1.165, 1.54) is 4.88 Å². The maximum atomic E-state index is 10.4. The fraction of sp³-hybridized carbons (Fsp3) is 0.417. The molecular formula is C12H16BrN3OS. The lowest BCUT2D eigenvalue weighted by Crippen LogP contribution is -2.34. The average molecular weight is 330 g/mol. The molecule has 0 radical (unpaired) electrons. The second-order valence-corrected chi connectivity index (χ2v) is 6.33. The zero-order valence-corrected chi connectivity index (χ0v) is 12.8. The summed E-state index contributed by atoms with van der Waals surface area (Å²) >= 11 is 5.18. The first-order chi connectivity index (χ1) is 8.49. The summed E-state index contributed by atoms with van der Waals surface area (Å²) in [6.07, 6.45) is 3.53. The summed E-state index contributed by atoms with van der Waals surface area (Å²) in [5, 5.41) is 19.8. The van der Waals surface area contributed by atoms with Gasteiger partial charge < -0.3 is 10.4 Å². The van der Waals surface area contributed by atoms with E-state index in [1.54, 1.807) is 29.1 Å². The van der Waals surface area contributed by atoms with Crippen LogP contribution in [0.4, 0.5) is 0 Å². The van der Waals surface area contributed by atoms with Crippen LogP contribution in [0.2, 0.25) is 0 Å². The quantitative estimate of drug-likeness (QED) is 0.884. The van der Waals surface area contributed by atoms with Crippen molar-refractivity contribution in [2.45, 2.75) is 19.1 Å². The standard InChI is InChI=1S/C12H16BrN3OS/c1-12(17,9-5-15-16(2)7-9)8-14-6-11-10(13)3-4-18-11/h3-5,7,14,17H,6,8H2,1-2H3/t12-/m1/s1. The number of aliphatic hydroxyl groups is 1. The SMILES string of the molecule is Cn1cc([C@](C)(O)CNCc2sccc2Br)cn1. The third-order valence-electron chi connectivity index (χ3n) is 2.77. The molecule has 0 unspecified atom stereocenters. The Kier molecular flexibility index (Phi) is 4.21. The molecule has 0 spiro atoms. The lowest BCUT2D eigenvalue weighted by atomic mass is 10.00. The van der Waals surface area contributed by atoms with Gasteiger partial charge in [0.1, 0.15) is 5.60 Å². The van der Waals surface area contributed by atoms with Crippen molar-refractivity contribution < 1.29 is 5.11 Å². The van der Waals surface area contributed by atoms with Crippen molar-refractivity contribution in [1.29, 1.82) is 0 Å². The molecule has 18 heavy (non-hydrogen) atoms. The molecule has 1 atom stereocenters. The first-order valence-electron chi connectivity index (χ1n) is 5.63. The van der Waals surface area contributed by atoms with E-state index in [2.05, 4.69) is 26.3 Å². The summed E-state index contributed by atoms with van der Waals surface area (Å²) in [5.74, 6) is 0. The first kappa shape index (κ1) is 13.7. The molecule has 2 N–H and O–H groups in total. The molecule has 0 aliphatic carbocycles. The Labute approximate surface area is 119 Å². The molecule has 0 saturated carbocycles. The average Bonchev–Trinajstić information content (AvgIpc) is 2.89. The molecule has 0 aliphatic heterocycles. The number of rotatable bonds is 5. The van der Waals surface area contributed by atoms with Crippen LogP contribution in [0.3, 0.4) is 0 Å². The number of aromatic nitrogens is 2. The summed E-state index contributed by atoms with van der Waals surface area (Å²) < 4.78 is 2.81. The molecule has 0 aromatic carbocycles. The maximum Gasteiger partial charge on any atom is 0.102 e. The smallest absolute Gasteiger partial charge is 0.102 e. The summed E-state index contributed by atoms with van der Waals surface area (Å²) in [6.45, 7) is 3.03. The minimum absolute atomic E-state index is 0.489. The van der Waals surface area contributed by atoms with Crippen LogP contribution in [-0.2, 0) is 19.2 Å². The van der Waals surface area contributed by atoms with Crippen molar-refractivity contribution in [1.82, 2.24) is 15.1 Å². The van der Waals surface area contributed by atoms with Crippen LogP contribution >= 0.6 is 27.3 Å². The first-order valence-corrected chi connectivity index (χ1v) is 7.30. The van der Waals surface area contributed by atoms with Gasteiger partial charge in [0, 0.05) is 41.2 Å². The van der Waals surface area contributed by atoms with Gasteiger partial charge in [0.25, 0.3) is 0 Å². The van der Waals surface area contributed by atoms with Crippen molar-refractivity contribution in [3.8, 4) is 0 Å². The van der Waals surface area contributed by atoms with Crippen LogP contribution in [0.25, 0.3) is 0 Å². The van der Waals surface area contributed by atoms with Gasteiger partial charge in [0.05, 0.1) is 6.20 Å². The van der Waals surface area contributed by atoms with Gasteiger partial charge >= 0.3 is 0 Å². The topological polar surface area (TPSA) is 50.1 Å². The van der Waals surface area contributed by atoms with Gasteiger partial charge in [-0.3, -0.25) is 4.68 Å². The predicted octanol–water partition coefficient (Wildman–Crippen LogP) is 2.24. The van der Waals surface area contributed by atoms with Gasteiger partial charge in [0.2, 0.25) is 0 Å². The van der Waals surface area contributed by atoms with E-state index < -0.39 is 5.60 Å². The van der Waals surface area contributed by atoms with E-state index in [-0.39, 0.29) is 0 Å². The minimum atomic E-state index is -0.905. The lowest BCUT2D eigenvalue weighted by molar-refractivity contribution is 0.0566. The highest BCUT2D eigenvalue weighted by atomic mass is 79.9. The highest BCUT2D eigenvalue weighted by Gasteiger charge is 2.24. The largest absolute Gasteiger partial charge is 0.384 e. The highest BCUT2D eigenvalue weighted by Crippen LogP contribution is 2.23. The number of thiophene rings is 1. The van der Waals surface area contributed by atoms with Crippen molar-refractivity contribution >= 4 is 27.3 Å². The fourth-order valence-electron chi connectivity index (χ4n) is 1.67. The monoisotopic (exact) mass is 329 g/mol. The lowest BCUT2D eigenvalue weighted by Gasteiger charge is -2.22. The van der Waals surface area contributed by atoms with Crippen LogP contribution in [-0.4, -0.2) is 21.4 Å². The van der Waals surface area contributed by atoms with E-state index in [4.69, 9.17) is 0 Å². The van der Waals surface area contributed by atoms with Crippen molar-refractivity contribution in [3.05, 3.63) is 38.8 Å². The van der Waals surface area contributed by atoms with Gasteiger partial charge in [-0.1, -0.05) is 0 Å². The van der Waals surface area contributed by atoms with Crippen molar-refractivity contribution in [2.75, 3.05) is 6.54 Å². The minimum Gasteiger partial charge on any atom is -0.384 e. The Morgan fingerprint density at radius 2 is 2.39 bits per heavy atom. The van der Waals surface area contributed by atoms with Gasteiger partial charge in [-0.2, -0.15) is 5.10 Å². The third kappa shape index (κ3) is 3.20. The fourth-order valence-corrected chi connectivity index (χ4v) is 3.13. The van der Waals surface area contributed by atoms with Gasteiger partial charge in [-0.15, -0.1) is 11.3 Å². The highest BCUT2D eigenvalue weighted by molar-refractivity contribution is 9.10. The molecule has 0 aliphatic rings. The molecule has 98 valence electrons. The molecule has 0 fully saturated rings. The van der Waals surface area contributed by atoms with E-state index in [9.17, 15) is 5.11 Å². The Hall–Kier alpha value is -0.690. The second-order valence-electron chi connectivity index (χ2n) is 4.47. The van der Waals surface area contributed by atoms with E-state index >= 15 is 0 Å². The molecule has 2 aromatic heterocycles. The van der Waals surface area contributed by atoms with Crippen LogP contribution in [0.1, 0.15) is 17.4 Å². The second kappa shape index (κ2) is 5.52. The summed E-state index contributed by atoms with van der Waals surface area (Å²) in [6, 6.07) is 2.03. The molecule has 2 aromatic rings. The number of halogens is 1. The normalized spacial score (nSPS) is 14.7. The summed E-state index contributed by atoms with van der Waals surface area (Å²) in [7, 11) is 1.84. The Bertz CT molecular complexity index is 521. The summed E-state index contributed by atoms with van der Waals surface area (Å²) in [4.78, 5) is 1.23. The molecule has 0 saturated heterocycles. The summed E-state index contributed by atoms with van der Waals surface area (Å²) in [5.41, 5.74) is -0.0828. The van der Waals surface area contributed by atoms with E-state index in [0.29, 0.717) is 6.54 Å². The Morgan fingerprint density at radius 1 is 1.61 bits per heavy atom. The van der Waals surface area contributed by atoms with Gasteiger partial charge in [-0.05, 0) is 34.3 Å². The van der Waals surface area contributed by atoms with Crippen LogP contribution in [0, 0.1) is 0 Å².